The largest absolute Gasteiger partial charge is 0.398 e. The molecule has 1 rings (SSSR count). The minimum atomic E-state index is -4.25. The van der Waals surface area contributed by atoms with Gasteiger partial charge in [-0.15, -0.1) is 0 Å². The molecule has 0 aliphatic heterocycles. The molecule has 0 spiro atoms. The Morgan fingerprint density at radius 2 is 1.89 bits per heavy atom. The minimum Gasteiger partial charge on any atom is -0.398 e. The first-order valence-electron chi connectivity index (χ1n) is 4.82. The number of anilines is 2. The summed E-state index contributed by atoms with van der Waals surface area (Å²) in [6.07, 6.45) is -5.25. The molecule has 5 N–H and O–H groups in total. The summed E-state index contributed by atoms with van der Waals surface area (Å²) in [5.74, 6) is 0. The van der Waals surface area contributed by atoms with Gasteiger partial charge in [0.1, 0.15) is 4.90 Å². The van der Waals surface area contributed by atoms with E-state index >= 15 is 0 Å². The van der Waals surface area contributed by atoms with Crippen LogP contribution in [0.5, 0.6) is 0 Å². The molecule has 1 aromatic carbocycles. The number of sulfonamides is 1. The highest BCUT2D eigenvalue weighted by Gasteiger charge is 2.26. The molecule has 0 bridgehead atoms. The Kier molecular flexibility index (Phi) is 4.07. The van der Waals surface area contributed by atoms with E-state index in [9.17, 15) is 21.6 Å². The van der Waals surface area contributed by atoms with Gasteiger partial charge in [-0.05, 0) is 18.2 Å². The van der Waals surface area contributed by atoms with Gasteiger partial charge in [0.2, 0.25) is 10.0 Å². The third-order valence-electron chi connectivity index (χ3n) is 2.05. The number of halogens is 3. The number of benzene rings is 1. The number of rotatable bonds is 4. The Balaban J connectivity index is 2.74. The molecule has 0 heterocycles. The second-order valence-electron chi connectivity index (χ2n) is 3.59. The topological polar surface area (TPSA) is 98.2 Å². The predicted molar refractivity (Wildman–Crippen MR) is 61.4 cm³/mol. The van der Waals surface area contributed by atoms with Gasteiger partial charge in [0, 0.05) is 12.2 Å². The highest BCUT2D eigenvalue weighted by atomic mass is 32.2. The zero-order chi connectivity index (χ0) is 14.0. The average molecular weight is 283 g/mol. The van der Waals surface area contributed by atoms with Crippen LogP contribution in [0.3, 0.4) is 0 Å². The van der Waals surface area contributed by atoms with Crippen molar-refractivity contribution >= 4 is 21.4 Å². The first-order chi connectivity index (χ1) is 8.09. The lowest BCUT2D eigenvalue weighted by Crippen LogP contribution is -2.16. The van der Waals surface area contributed by atoms with Crippen LogP contribution in [0.1, 0.15) is 6.42 Å². The molecule has 1 aromatic rings. The first kappa shape index (κ1) is 14.6. The zero-order valence-corrected chi connectivity index (χ0v) is 9.98. The molecule has 0 saturated carbocycles. The van der Waals surface area contributed by atoms with Crippen molar-refractivity contribution in [3.8, 4) is 0 Å². The molecule has 0 saturated heterocycles. The van der Waals surface area contributed by atoms with E-state index < -0.39 is 22.6 Å². The fraction of sp³-hybridized carbons (Fsp3) is 0.333. The van der Waals surface area contributed by atoms with Crippen molar-refractivity contribution in [2.75, 3.05) is 17.6 Å². The molecule has 0 unspecified atom stereocenters. The summed E-state index contributed by atoms with van der Waals surface area (Å²) in [5, 5.41) is 7.37. The third-order valence-corrected chi connectivity index (χ3v) is 3.04. The van der Waals surface area contributed by atoms with Crippen molar-refractivity contribution in [3.63, 3.8) is 0 Å². The summed E-state index contributed by atoms with van der Waals surface area (Å²) < 4.78 is 57.8. The number of primary sulfonamides is 1. The maximum atomic E-state index is 11.9. The van der Waals surface area contributed by atoms with Gasteiger partial charge < -0.3 is 11.1 Å². The number of nitrogens with one attached hydrogen (secondary N) is 1. The van der Waals surface area contributed by atoms with E-state index in [1.165, 1.54) is 12.1 Å². The summed E-state index contributed by atoms with van der Waals surface area (Å²) in [7, 11) is -3.93. The van der Waals surface area contributed by atoms with Crippen LogP contribution in [0.15, 0.2) is 23.1 Å². The molecule has 0 aliphatic rings. The fourth-order valence-electron chi connectivity index (χ4n) is 1.27. The standard InChI is InChI=1S/C9H12F3N3O2S/c10-9(11,12)3-4-15-6-1-2-8(7(13)5-6)18(14,16)17/h1-2,5,15H,3-4,13H2,(H2,14,16,17). The molecule has 0 aliphatic carbocycles. The molecule has 0 radical (unpaired) electrons. The lowest BCUT2D eigenvalue weighted by Gasteiger charge is -2.10. The molecule has 0 fully saturated rings. The van der Waals surface area contributed by atoms with E-state index in [0.717, 1.165) is 6.07 Å². The summed E-state index contributed by atoms with van der Waals surface area (Å²) in [5.41, 5.74) is 5.62. The first-order valence-corrected chi connectivity index (χ1v) is 6.37. The van der Waals surface area contributed by atoms with E-state index in [4.69, 9.17) is 10.9 Å². The molecular weight excluding hydrogens is 271 g/mol. The number of hydrogen-bond donors (Lipinski definition) is 3. The Hall–Kier alpha value is -1.48. The van der Waals surface area contributed by atoms with Crippen LogP contribution in [0.25, 0.3) is 0 Å². The third kappa shape index (κ3) is 4.41. The van der Waals surface area contributed by atoms with Crippen molar-refractivity contribution in [3.05, 3.63) is 18.2 Å². The van der Waals surface area contributed by atoms with Crippen LogP contribution >= 0.6 is 0 Å². The van der Waals surface area contributed by atoms with Crippen molar-refractivity contribution in [2.24, 2.45) is 5.14 Å². The summed E-state index contributed by atoms with van der Waals surface area (Å²) in [6.45, 7) is -0.322. The second-order valence-corrected chi connectivity index (χ2v) is 5.12. The van der Waals surface area contributed by atoms with Crippen molar-refractivity contribution in [1.82, 2.24) is 0 Å². The maximum absolute atomic E-state index is 11.9. The van der Waals surface area contributed by atoms with Gasteiger partial charge in [-0.1, -0.05) is 0 Å². The Morgan fingerprint density at radius 3 is 2.33 bits per heavy atom. The highest BCUT2D eigenvalue weighted by molar-refractivity contribution is 7.89. The van der Waals surface area contributed by atoms with Crippen LogP contribution in [-0.4, -0.2) is 21.1 Å². The van der Waals surface area contributed by atoms with Gasteiger partial charge in [-0.25, -0.2) is 13.6 Å². The van der Waals surface area contributed by atoms with E-state index in [0.29, 0.717) is 5.69 Å². The highest BCUT2D eigenvalue weighted by Crippen LogP contribution is 2.23. The van der Waals surface area contributed by atoms with E-state index in [2.05, 4.69) is 5.32 Å². The monoisotopic (exact) mass is 283 g/mol. The number of nitrogens with two attached hydrogens (primary N) is 2. The Morgan fingerprint density at radius 1 is 1.28 bits per heavy atom. The normalized spacial score (nSPS) is 12.4. The van der Waals surface area contributed by atoms with Gasteiger partial charge in [-0.3, -0.25) is 0 Å². The summed E-state index contributed by atoms with van der Waals surface area (Å²) >= 11 is 0. The summed E-state index contributed by atoms with van der Waals surface area (Å²) in [6, 6.07) is 3.66. The predicted octanol–water partition coefficient (Wildman–Crippen LogP) is 1.28. The zero-order valence-electron chi connectivity index (χ0n) is 9.16. The number of alkyl halides is 3. The molecular formula is C9H12F3N3O2S. The molecule has 5 nitrogen and oxygen atoms in total. The lowest BCUT2D eigenvalue weighted by atomic mass is 10.2. The van der Waals surface area contributed by atoms with Gasteiger partial charge in [0.15, 0.2) is 0 Å². The minimum absolute atomic E-state index is 0.116. The fourth-order valence-corrected chi connectivity index (χ4v) is 1.91. The van der Waals surface area contributed by atoms with Crippen LogP contribution in [0.4, 0.5) is 24.5 Å². The van der Waals surface area contributed by atoms with Gasteiger partial charge in [-0.2, -0.15) is 13.2 Å². The van der Waals surface area contributed by atoms with Crippen LogP contribution < -0.4 is 16.2 Å². The molecule has 0 amide bonds. The quantitative estimate of drug-likeness (QED) is 0.725. The number of nitrogen functional groups attached to an aromatic ring is 1. The summed E-state index contributed by atoms with van der Waals surface area (Å²) in [4.78, 5) is -0.260. The Bertz CT molecular complexity index is 528. The average Bonchev–Trinajstić information content (AvgIpc) is 2.13. The van der Waals surface area contributed by atoms with E-state index in [1.54, 1.807) is 0 Å². The van der Waals surface area contributed by atoms with Crippen LogP contribution in [-0.2, 0) is 10.0 Å². The second kappa shape index (κ2) is 5.02. The molecule has 102 valence electrons. The molecule has 0 atom stereocenters. The maximum Gasteiger partial charge on any atom is 0.390 e. The van der Waals surface area contributed by atoms with Gasteiger partial charge >= 0.3 is 6.18 Å². The molecule has 9 heteroatoms. The number of hydrogen-bond acceptors (Lipinski definition) is 4. The molecule has 18 heavy (non-hydrogen) atoms. The van der Waals surface area contributed by atoms with Gasteiger partial charge in [0.05, 0.1) is 12.1 Å². The van der Waals surface area contributed by atoms with Crippen LogP contribution in [0, 0.1) is 0 Å². The van der Waals surface area contributed by atoms with Crippen LogP contribution in [0.2, 0.25) is 0 Å². The van der Waals surface area contributed by atoms with Crippen molar-refractivity contribution < 1.29 is 21.6 Å². The SMILES string of the molecule is Nc1cc(NCCC(F)(F)F)ccc1S(N)(=O)=O. The smallest absolute Gasteiger partial charge is 0.390 e. The van der Waals surface area contributed by atoms with Crippen molar-refractivity contribution in [2.45, 2.75) is 17.5 Å². The van der Waals surface area contributed by atoms with E-state index in [-0.39, 0.29) is 17.1 Å². The molecule has 0 aromatic heterocycles. The van der Waals surface area contributed by atoms with Crippen molar-refractivity contribution in [1.29, 1.82) is 0 Å². The Labute approximate surface area is 102 Å². The van der Waals surface area contributed by atoms with Gasteiger partial charge in [0.25, 0.3) is 0 Å². The lowest BCUT2D eigenvalue weighted by molar-refractivity contribution is -0.131. The van der Waals surface area contributed by atoms with E-state index in [1.807, 2.05) is 0 Å².